The summed E-state index contributed by atoms with van der Waals surface area (Å²) in [5.41, 5.74) is 0. The van der Waals surface area contributed by atoms with Crippen molar-refractivity contribution >= 4 is 11.6 Å². The minimum absolute atomic E-state index is 0.479. The quantitative estimate of drug-likeness (QED) is 0.314. The summed E-state index contributed by atoms with van der Waals surface area (Å²) in [7, 11) is 0. The molecule has 0 heterocycles. The van der Waals surface area contributed by atoms with E-state index >= 15 is 0 Å². The Labute approximate surface area is 53.9 Å². The molecule has 0 aromatic carbocycles. The van der Waals surface area contributed by atoms with Gasteiger partial charge in [-0.05, 0) is 6.08 Å². The van der Waals surface area contributed by atoms with E-state index < -0.39 is 11.6 Å². The molecule has 0 aromatic heterocycles. The Hall–Kier alpha value is -1.18. The number of carbonyl (C=O) groups excluding carboxylic acids is 2. The zero-order valence-electron chi connectivity index (χ0n) is 5.13. The number of allylic oxidation sites excluding steroid dienone is 3. The summed E-state index contributed by atoms with van der Waals surface area (Å²) in [5.74, 6) is -1.01. The highest BCUT2D eigenvalue weighted by molar-refractivity contribution is 6.40. The van der Waals surface area contributed by atoms with Crippen LogP contribution < -0.4 is 0 Å². The molecule has 0 bridgehead atoms. The Morgan fingerprint density at radius 2 is 2.00 bits per heavy atom. The van der Waals surface area contributed by atoms with E-state index in [0.29, 0.717) is 0 Å². The van der Waals surface area contributed by atoms with Crippen LogP contribution in [0.5, 0.6) is 0 Å². The van der Waals surface area contributed by atoms with Crippen LogP contribution in [0.3, 0.4) is 0 Å². The van der Waals surface area contributed by atoms with Gasteiger partial charge in [0.2, 0.25) is 5.78 Å². The maximum absolute atomic E-state index is 10.4. The Kier molecular flexibility index (Phi) is 3.28. The second-order valence-electron chi connectivity index (χ2n) is 1.47. The van der Waals surface area contributed by atoms with Gasteiger partial charge in [-0.1, -0.05) is 18.7 Å². The van der Waals surface area contributed by atoms with E-state index in [0.717, 1.165) is 6.08 Å². The smallest absolute Gasteiger partial charge is 0.221 e. The largest absolute Gasteiger partial charge is 0.291 e. The molecule has 0 aliphatic carbocycles. The second-order valence-corrected chi connectivity index (χ2v) is 1.47. The van der Waals surface area contributed by atoms with E-state index in [9.17, 15) is 9.59 Å². The Morgan fingerprint density at radius 3 is 2.33 bits per heavy atom. The van der Waals surface area contributed by atoms with Gasteiger partial charge in [-0.25, -0.2) is 0 Å². The average Bonchev–Trinajstić information content (AvgIpc) is 1.82. The SMILES string of the molecule is [CH]=CC=CC(=O)C(C)=O. The lowest BCUT2D eigenvalue weighted by Gasteiger charge is -1.79. The molecular weight excluding hydrogens is 116 g/mol. The van der Waals surface area contributed by atoms with Crippen LogP contribution in [0.1, 0.15) is 6.92 Å². The summed E-state index contributed by atoms with van der Waals surface area (Å²) in [6, 6.07) is 0. The van der Waals surface area contributed by atoms with Gasteiger partial charge in [0, 0.05) is 6.92 Å². The van der Waals surface area contributed by atoms with Crippen LogP contribution in [0.15, 0.2) is 18.2 Å². The van der Waals surface area contributed by atoms with Crippen LogP contribution in [-0.2, 0) is 9.59 Å². The molecule has 0 aliphatic rings. The van der Waals surface area contributed by atoms with Gasteiger partial charge in [0.05, 0.1) is 0 Å². The van der Waals surface area contributed by atoms with E-state index in [2.05, 4.69) is 0 Å². The third-order valence-electron chi connectivity index (χ3n) is 0.706. The molecule has 0 unspecified atom stereocenters. The van der Waals surface area contributed by atoms with Gasteiger partial charge in [0.15, 0.2) is 5.78 Å². The Morgan fingerprint density at radius 1 is 1.44 bits per heavy atom. The second kappa shape index (κ2) is 3.78. The summed E-state index contributed by atoms with van der Waals surface area (Å²) >= 11 is 0. The van der Waals surface area contributed by atoms with E-state index in [1.165, 1.54) is 19.1 Å². The maximum atomic E-state index is 10.4. The number of carbonyl (C=O) groups is 2. The molecule has 0 saturated carbocycles. The van der Waals surface area contributed by atoms with Crippen molar-refractivity contribution in [2.75, 3.05) is 0 Å². The predicted molar refractivity (Wildman–Crippen MR) is 33.7 cm³/mol. The van der Waals surface area contributed by atoms with Crippen molar-refractivity contribution in [1.29, 1.82) is 0 Å². The number of hydrogen-bond acceptors (Lipinski definition) is 2. The first-order valence-corrected chi connectivity index (χ1v) is 2.45. The molecule has 9 heavy (non-hydrogen) atoms. The van der Waals surface area contributed by atoms with E-state index in [1.54, 1.807) is 0 Å². The van der Waals surface area contributed by atoms with Gasteiger partial charge >= 0.3 is 0 Å². The van der Waals surface area contributed by atoms with E-state index in [4.69, 9.17) is 6.58 Å². The fraction of sp³-hybridized carbons (Fsp3) is 0.143. The highest BCUT2D eigenvalue weighted by Crippen LogP contribution is 1.78. The monoisotopic (exact) mass is 123 g/mol. The lowest BCUT2D eigenvalue weighted by Crippen LogP contribution is -2.04. The van der Waals surface area contributed by atoms with Crippen LogP contribution in [0, 0.1) is 6.58 Å². The fourth-order valence-corrected chi connectivity index (χ4v) is 0.260. The highest BCUT2D eigenvalue weighted by atomic mass is 16.2. The maximum Gasteiger partial charge on any atom is 0.221 e. The molecular formula is C7H7O2. The molecule has 0 saturated heterocycles. The number of Topliss-reactive ketones (excluding diaryl/α,β-unsaturated/α-hetero) is 1. The van der Waals surface area contributed by atoms with Gasteiger partial charge in [-0.3, -0.25) is 9.59 Å². The zero-order chi connectivity index (χ0) is 7.28. The van der Waals surface area contributed by atoms with Crippen molar-refractivity contribution in [2.24, 2.45) is 0 Å². The first kappa shape index (κ1) is 7.82. The predicted octanol–water partition coefficient (Wildman–Crippen LogP) is 0.690. The molecule has 0 N–H and O–H groups in total. The first-order chi connectivity index (χ1) is 4.18. The molecule has 0 rings (SSSR count). The minimum Gasteiger partial charge on any atom is -0.291 e. The molecule has 0 atom stereocenters. The van der Waals surface area contributed by atoms with Crippen LogP contribution in [0.4, 0.5) is 0 Å². The summed E-state index contributed by atoms with van der Waals surface area (Å²) in [4.78, 5) is 20.6. The third-order valence-corrected chi connectivity index (χ3v) is 0.706. The Bertz CT molecular complexity index is 166. The summed E-state index contributed by atoms with van der Waals surface area (Å²) in [6.07, 6.45) is 3.65. The topological polar surface area (TPSA) is 34.1 Å². The van der Waals surface area contributed by atoms with Crippen molar-refractivity contribution < 1.29 is 9.59 Å². The van der Waals surface area contributed by atoms with E-state index in [1.807, 2.05) is 0 Å². The molecule has 0 spiro atoms. The summed E-state index contributed by atoms with van der Waals surface area (Å²) < 4.78 is 0. The summed E-state index contributed by atoms with van der Waals surface area (Å²) in [6.45, 7) is 6.11. The van der Waals surface area contributed by atoms with Crippen molar-refractivity contribution in [3.05, 3.63) is 24.8 Å². The number of ketones is 2. The normalized spacial score (nSPS) is 9.44. The lowest BCUT2D eigenvalue weighted by atomic mass is 10.3. The van der Waals surface area contributed by atoms with Crippen molar-refractivity contribution in [2.45, 2.75) is 6.92 Å². The molecule has 0 aliphatic heterocycles. The molecule has 2 heteroatoms. The highest BCUT2D eigenvalue weighted by Gasteiger charge is 1.99. The van der Waals surface area contributed by atoms with Crippen LogP contribution in [0.2, 0.25) is 0 Å². The molecule has 0 aromatic rings. The summed E-state index contributed by atoms with van der Waals surface area (Å²) in [5, 5.41) is 0. The van der Waals surface area contributed by atoms with Crippen molar-refractivity contribution in [1.82, 2.24) is 0 Å². The van der Waals surface area contributed by atoms with Gasteiger partial charge in [0.25, 0.3) is 0 Å². The van der Waals surface area contributed by atoms with Crippen molar-refractivity contribution in [3.8, 4) is 0 Å². The molecule has 0 fully saturated rings. The molecule has 47 valence electrons. The van der Waals surface area contributed by atoms with E-state index in [-0.39, 0.29) is 0 Å². The first-order valence-electron chi connectivity index (χ1n) is 2.45. The Balaban J connectivity index is 3.92. The lowest BCUT2D eigenvalue weighted by molar-refractivity contribution is -0.132. The number of rotatable bonds is 3. The fourth-order valence-electron chi connectivity index (χ4n) is 0.260. The van der Waals surface area contributed by atoms with Gasteiger partial charge in [-0.2, -0.15) is 0 Å². The van der Waals surface area contributed by atoms with Gasteiger partial charge in [-0.15, -0.1) is 0 Å². The average molecular weight is 123 g/mol. The number of hydrogen-bond donors (Lipinski definition) is 0. The van der Waals surface area contributed by atoms with Gasteiger partial charge in [0.1, 0.15) is 0 Å². The molecule has 2 nitrogen and oxygen atoms in total. The van der Waals surface area contributed by atoms with Crippen LogP contribution in [0.25, 0.3) is 0 Å². The molecule has 0 amide bonds. The van der Waals surface area contributed by atoms with Crippen LogP contribution in [-0.4, -0.2) is 11.6 Å². The zero-order valence-corrected chi connectivity index (χ0v) is 5.13. The standard InChI is InChI=1S/C7H7O2/c1-3-4-5-7(9)6(2)8/h1,3-5H,2H3. The van der Waals surface area contributed by atoms with Gasteiger partial charge < -0.3 is 0 Å². The van der Waals surface area contributed by atoms with Crippen molar-refractivity contribution in [3.63, 3.8) is 0 Å². The van der Waals surface area contributed by atoms with Crippen LogP contribution >= 0.6 is 0 Å². The third kappa shape index (κ3) is 3.41. The minimum atomic E-state index is -0.531. The molecule has 1 radical (unpaired) electrons.